The highest BCUT2D eigenvalue weighted by Gasteiger charge is 2.26. The van der Waals surface area contributed by atoms with Gasteiger partial charge in [-0.1, -0.05) is 48.7 Å². The maximum Gasteiger partial charge on any atom is 0.324 e. The van der Waals surface area contributed by atoms with Gasteiger partial charge < -0.3 is 4.42 Å². The van der Waals surface area contributed by atoms with Crippen molar-refractivity contribution in [2.75, 3.05) is 4.90 Å². The Kier molecular flexibility index (Phi) is 5.16. The molecule has 0 radical (unpaired) electrons. The fourth-order valence-electron chi connectivity index (χ4n) is 3.00. The smallest absolute Gasteiger partial charge is 0.324 e. The molecule has 4 rings (SSSR count). The second-order valence-corrected chi connectivity index (χ2v) is 8.78. The van der Waals surface area contributed by atoms with Crippen LogP contribution in [0.5, 0.6) is 0 Å². The zero-order chi connectivity index (χ0) is 20.5. The monoisotopic (exact) mass is 427 g/mol. The van der Waals surface area contributed by atoms with Crippen LogP contribution < -0.4 is 4.90 Å². The van der Waals surface area contributed by atoms with Gasteiger partial charge in [0.2, 0.25) is 0 Å². The van der Waals surface area contributed by atoms with Gasteiger partial charge in [0.25, 0.3) is 5.91 Å². The second kappa shape index (κ2) is 7.76. The summed E-state index contributed by atoms with van der Waals surface area (Å²) in [5, 5.41) is 11.5. The average molecular weight is 428 g/mol. The third kappa shape index (κ3) is 3.79. The molecule has 1 aromatic carbocycles. The Morgan fingerprint density at radius 2 is 2.03 bits per heavy atom. The predicted octanol–water partition coefficient (Wildman–Crippen LogP) is 5.83. The molecule has 0 saturated heterocycles. The fourth-order valence-corrected chi connectivity index (χ4v) is 4.77. The second-order valence-electron chi connectivity index (χ2n) is 6.71. The van der Waals surface area contributed by atoms with E-state index in [-0.39, 0.29) is 22.3 Å². The number of nitro groups is 1. The van der Waals surface area contributed by atoms with E-state index in [4.69, 9.17) is 9.40 Å². The number of hydrogen-bond acceptors (Lipinski definition) is 7. The Hall–Kier alpha value is -3.04. The molecule has 3 aromatic heterocycles. The van der Waals surface area contributed by atoms with Crippen molar-refractivity contribution in [3.8, 4) is 0 Å². The van der Waals surface area contributed by atoms with Crippen molar-refractivity contribution in [1.29, 1.82) is 0 Å². The van der Waals surface area contributed by atoms with E-state index in [2.05, 4.69) is 13.8 Å². The SMILES string of the molecule is CC(C)c1cccc2sc(N(Cc3ccco3)C(=O)c3ccc([N+](=O)[O-])s3)nc12. The Balaban J connectivity index is 1.78. The van der Waals surface area contributed by atoms with Gasteiger partial charge in [-0.15, -0.1) is 0 Å². The maximum atomic E-state index is 13.2. The number of carbonyl (C=O) groups is 1. The molecule has 0 bridgehead atoms. The Morgan fingerprint density at radius 1 is 1.21 bits per heavy atom. The lowest BCUT2D eigenvalue weighted by Gasteiger charge is -2.17. The lowest BCUT2D eigenvalue weighted by atomic mass is 10.0. The van der Waals surface area contributed by atoms with Crippen molar-refractivity contribution in [2.45, 2.75) is 26.3 Å². The third-order valence-corrected chi connectivity index (χ3v) is 6.48. The largest absolute Gasteiger partial charge is 0.467 e. The van der Waals surface area contributed by atoms with E-state index in [0.717, 1.165) is 27.1 Å². The number of para-hydroxylation sites is 1. The van der Waals surface area contributed by atoms with Crippen molar-refractivity contribution in [3.63, 3.8) is 0 Å². The van der Waals surface area contributed by atoms with Crippen LogP contribution in [0, 0.1) is 10.1 Å². The topological polar surface area (TPSA) is 89.5 Å². The molecule has 0 aliphatic rings. The number of benzene rings is 1. The minimum atomic E-state index is -0.495. The number of fused-ring (bicyclic) bond motifs is 1. The molecule has 0 fully saturated rings. The zero-order valence-electron chi connectivity index (χ0n) is 15.7. The van der Waals surface area contributed by atoms with Crippen molar-refractivity contribution >= 4 is 48.9 Å². The molecule has 0 N–H and O–H groups in total. The van der Waals surface area contributed by atoms with Crippen molar-refractivity contribution in [1.82, 2.24) is 4.98 Å². The molecule has 3 heterocycles. The molecule has 1 amide bonds. The number of furan rings is 1. The highest BCUT2D eigenvalue weighted by atomic mass is 32.1. The van der Waals surface area contributed by atoms with Gasteiger partial charge >= 0.3 is 5.00 Å². The van der Waals surface area contributed by atoms with E-state index >= 15 is 0 Å². The molecule has 0 saturated carbocycles. The molecule has 0 unspecified atom stereocenters. The lowest BCUT2D eigenvalue weighted by molar-refractivity contribution is -0.380. The number of nitrogens with zero attached hydrogens (tertiary/aromatic N) is 3. The van der Waals surface area contributed by atoms with E-state index < -0.39 is 4.92 Å². The first kappa shape index (κ1) is 19.3. The molecule has 0 aliphatic heterocycles. The highest BCUT2D eigenvalue weighted by molar-refractivity contribution is 7.22. The van der Waals surface area contributed by atoms with Crippen LogP contribution in [0.4, 0.5) is 10.1 Å². The van der Waals surface area contributed by atoms with Crippen LogP contribution in [0.25, 0.3) is 10.2 Å². The van der Waals surface area contributed by atoms with Crippen LogP contribution in [0.1, 0.15) is 40.8 Å². The summed E-state index contributed by atoms with van der Waals surface area (Å²) in [4.78, 5) is 30.3. The van der Waals surface area contributed by atoms with Crippen LogP contribution in [-0.2, 0) is 6.54 Å². The summed E-state index contributed by atoms with van der Waals surface area (Å²) in [5.41, 5.74) is 1.99. The van der Waals surface area contributed by atoms with Gasteiger partial charge in [-0.2, -0.15) is 0 Å². The van der Waals surface area contributed by atoms with Crippen molar-refractivity contribution in [2.24, 2.45) is 0 Å². The van der Waals surface area contributed by atoms with Crippen LogP contribution in [-0.4, -0.2) is 15.8 Å². The number of aromatic nitrogens is 1. The number of thiophene rings is 1. The maximum absolute atomic E-state index is 13.2. The average Bonchev–Trinajstić information content (AvgIpc) is 3.45. The van der Waals surface area contributed by atoms with Crippen LogP contribution in [0.2, 0.25) is 0 Å². The molecule has 7 nitrogen and oxygen atoms in total. The number of hydrogen-bond donors (Lipinski definition) is 0. The third-order valence-electron chi connectivity index (χ3n) is 4.41. The Morgan fingerprint density at radius 3 is 2.69 bits per heavy atom. The van der Waals surface area contributed by atoms with E-state index in [9.17, 15) is 14.9 Å². The number of rotatable bonds is 6. The Bertz CT molecular complexity index is 1180. The van der Waals surface area contributed by atoms with Gasteiger partial charge in [-0.3, -0.25) is 19.8 Å². The molecule has 29 heavy (non-hydrogen) atoms. The van der Waals surface area contributed by atoms with Gasteiger partial charge in [0.05, 0.1) is 32.8 Å². The summed E-state index contributed by atoms with van der Waals surface area (Å²) in [5.74, 6) is 0.556. The summed E-state index contributed by atoms with van der Waals surface area (Å²) in [6, 6.07) is 12.4. The first-order valence-electron chi connectivity index (χ1n) is 8.92. The van der Waals surface area contributed by atoms with Crippen molar-refractivity contribution < 1.29 is 14.1 Å². The molecule has 0 atom stereocenters. The Labute approximate surface area is 174 Å². The number of anilines is 1. The minimum absolute atomic E-state index is 0.0716. The van der Waals surface area contributed by atoms with E-state index in [1.54, 1.807) is 18.4 Å². The number of thiazole rings is 1. The highest BCUT2D eigenvalue weighted by Crippen LogP contribution is 2.35. The van der Waals surface area contributed by atoms with Gasteiger partial charge in [0.1, 0.15) is 5.76 Å². The molecule has 4 aromatic rings. The van der Waals surface area contributed by atoms with E-state index in [0.29, 0.717) is 16.8 Å². The summed E-state index contributed by atoms with van der Waals surface area (Å²) in [7, 11) is 0. The van der Waals surface area contributed by atoms with Crippen LogP contribution in [0.3, 0.4) is 0 Å². The van der Waals surface area contributed by atoms with Crippen molar-refractivity contribution in [3.05, 3.63) is 75.0 Å². The van der Waals surface area contributed by atoms with E-state index in [1.165, 1.54) is 28.4 Å². The molecule has 0 spiro atoms. The zero-order valence-corrected chi connectivity index (χ0v) is 17.3. The number of carbonyl (C=O) groups excluding carboxylic acids is 1. The minimum Gasteiger partial charge on any atom is -0.467 e. The quantitative estimate of drug-likeness (QED) is 0.285. The lowest BCUT2D eigenvalue weighted by Crippen LogP contribution is -2.29. The summed E-state index contributed by atoms with van der Waals surface area (Å²) < 4.78 is 6.42. The standard InChI is InChI=1S/C20H17N3O4S2/c1-12(2)14-6-3-7-15-18(14)21-20(29-15)22(11-13-5-4-10-27-13)19(24)16-8-9-17(28-16)23(25)26/h3-10,12H,11H2,1-2H3. The molecular formula is C20H17N3O4S2. The van der Waals surface area contributed by atoms with Crippen LogP contribution >= 0.6 is 22.7 Å². The molecule has 0 aliphatic carbocycles. The van der Waals surface area contributed by atoms with Crippen LogP contribution in [0.15, 0.2) is 53.1 Å². The number of amides is 1. The fraction of sp³-hybridized carbons (Fsp3) is 0.200. The van der Waals surface area contributed by atoms with Gasteiger partial charge in [-0.25, -0.2) is 4.98 Å². The van der Waals surface area contributed by atoms with Gasteiger partial charge in [-0.05, 0) is 35.7 Å². The van der Waals surface area contributed by atoms with E-state index in [1.807, 2.05) is 18.2 Å². The van der Waals surface area contributed by atoms with Gasteiger partial charge in [0.15, 0.2) is 5.13 Å². The molecule has 9 heteroatoms. The summed E-state index contributed by atoms with van der Waals surface area (Å²) in [6.45, 7) is 4.39. The molecule has 148 valence electrons. The first-order valence-corrected chi connectivity index (χ1v) is 10.5. The summed E-state index contributed by atoms with van der Waals surface area (Å²) >= 11 is 2.27. The summed E-state index contributed by atoms with van der Waals surface area (Å²) in [6.07, 6.45) is 1.54. The first-order chi connectivity index (χ1) is 13.9. The van der Waals surface area contributed by atoms with Gasteiger partial charge in [0, 0.05) is 6.07 Å². The predicted molar refractivity (Wildman–Crippen MR) is 114 cm³/mol. The molecular weight excluding hydrogens is 410 g/mol. The normalized spacial score (nSPS) is 11.3.